The first-order valence-electron chi connectivity index (χ1n) is 5.75. The van der Waals surface area contributed by atoms with Gasteiger partial charge in [0, 0.05) is 5.02 Å². The van der Waals surface area contributed by atoms with Crippen LogP contribution < -0.4 is 5.56 Å². The molecule has 0 radical (unpaired) electrons. The number of H-pyrrole nitrogens is 1. The van der Waals surface area contributed by atoms with E-state index in [1.807, 2.05) is 0 Å². The summed E-state index contributed by atoms with van der Waals surface area (Å²) in [4.78, 5) is 22.8. The summed E-state index contributed by atoms with van der Waals surface area (Å²) in [5.74, 6) is -0.220. The topological polar surface area (TPSA) is 78.9 Å². The molecule has 0 amide bonds. The molecule has 0 fully saturated rings. The van der Waals surface area contributed by atoms with Crippen molar-refractivity contribution in [3.8, 4) is 27.8 Å². The largest absolute Gasteiger partial charge is 0.493 e. The quantitative estimate of drug-likeness (QED) is 0.747. The van der Waals surface area contributed by atoms with Gasteiger partial charge in [0.25, 0.3) is 5.56 Å². The second-order valence-electron chi connectivity index (χ2n) is 4.09. The van der Waals surface area contributed by atoms with Crippen molar-refractivity contribution >= 4 is 34.5 Å². The molecule has 106 valence electrons. The second-order valence-corrected chi connectivity index (χ2v) is 6.19. The zero-order valence-electron chi connectivity index (χ0n) is 10.3. The van der Waals surface area contributed by atoms with Crippen LogP contribution in [0.4, 0.5) is 0 Å². The van der Waals surface area contributed by atoms with Crippen LogP contribution in [-0.2, 0) is 0 Å². The van der Waals surface area contributed by atoms with Gasteiger partial charge in [-0.05, 0) is 17.7 Å². The molecule has 0 aliphatic heterocycles. The summed E-state index contributed by atoms with van der Waals surface area (Å²) in [5, 5.41) is 10.9. The molecular formula is C13H7Cl2N3O2S. The molecule has 5 nitrogen and oxygen atoms in total. The Hall–Kier alpha value is -1.89. The number of aromatic hydroxyl groups is 1. The summed E-state index contributed by atoms with van der Waals surface area (Å²) in [5.41, 5.74) is 0.0625. The molecule has 0 saturated heterocycles. The van der Waals surface area contributed by atoms with Crippen molar-refractivity contribution in [2.75, 3.05) is 0 Å². The number of aromatic amines is 1. The summed E-state index contributed by atoms with van der Waals surface area (Å²) in [7, 11) is 0. The summed E-state index contributed by atoms with van der Waals surface area (Å²) < 4.78 is 0.464. The van der Waals surface area contributed by atoms with Gasteiger partial charge in [-0.1, -0.05) is 46.7 Å². The van der Waals surface area contributed by atoms with E-state index in [4.69, 9.17) is 23.2 Å². The van der Waals surface area contributed by atoms with Gasteiger partial charge < -0.3 is 10.1 Å². The highest BCUT2D eigenvalue weighted by Gasteiger charge is 2.15. The number of halogens is 2. The van der Waals surface area contributed by atoms with Crippen LogP contribution in [0.3, 0.4) is 0 Å². The van der Waals surface area contributed by atoms with Gasteiger partial charge in [0.15, 0.2) is 10.8 Å². The molecule has 2 heterocycles. The predicted molar refractivity (Wildman–Crippen MR) is 83.1 cm³/mol. The second kappa shape index (κ2) is 5.48. The zero-order chi connectivity index (χ0) is 15.0. The molecule has 0 saturated carbocycles. The van der Waals surface area contributed by atoms with Gasteiger partial charge >= 0.3 is 0 Å². The van der Waals surface area contributed by atoms with Crippen LogP contribution in [0, 0.1) is 0 Å². The van der Waals surface area contributed by atoms with Gasteiger partial charge in [0.2, 0.25) is 5.88 Å². The number of nitrogens with zero attached hydrogens (tertiary/aromatic N) is 2. The normalized spacial score (nSPS) is 10.8. The molecule has 0 aliphatic carbocycles. The minimum absolute atomic E-state index is 0.0592. The van der Waals surface area contributed by atoms with Crippen molar-refractivity contribution in [2.45, 2.75) is 0 Å². The number of hydrogen-bond acceptors (Lipinski definition) is 5. The van der Waals surface area contributed by atoms with Crippen LogP contribution in [0.2, 0.25) is 9.36 Å². The van der Waals surface area contributed by atoms with Crippen molar-refractivity contribution in [3.05, 3.63) is 50.2 Å². The van der Waals surface area contributed by atoms with Crippen LogP contribution in [0.5, 0.6) is 5.88 Å². The summed E-state index contributed by atoms with van der Waals surface area (Å²) >= 11 is 12.8. The van der Waals surface area contributed by atoms with E-state index in [9.17, 15) is 9.90 Å². The fourth-order valence-corrected chi connectivity index (χ4v) is 2.88. The van der Waals surface area contributed by atoms with E-state index in [1.54, 1.807) is 24.3 Å². The van der Waals surface area contributed by atoms with Crippen LogP contribution in [0.1, 0.15) is 0 Å². The first-order valence-corrected chi connectivity index (χ1v) is 7.33. The monoisotopic (exact) mass is 339 g/mol. The molecule has 0 spiro atoms. The van der Waals surface area contributed by atoms with Gasteiger partial charge in [-0.2, -0.15) is 4.98 Å². The lowest BCUT2D eigenvalue weighted by Crippen LogP contribution is -2.12. The Kier molecular flexibility index (Phi) is 3.67. The third kappa shape index (κ3) is 2.78. The third-order valence-corrected chi connectivity index (χ3v) is 4.05. The first-order chi connectivity index (χ1) is 10.0. The van der Waals surface area contributed by atoms with Gasteiger partial charge in [-0.3, -0.25) is 4.79 Å². The molecule has 0 atom stereocenters. The molecule has 1 aromatic carbocycles. The molecule has 21 heavy (non-hydrogen) atoms. The Morgan fingerprint density at radius 2 is 2.10 bits per heavy atom. The molecule has 3 rings (SSSR count). The van der Waals surface area contributed by atoms with E-state index in [2.05, 4.69) is 15.0 Å². The van der Waals surface area contributed by atoms with Crippen LogP contribution in [0.15, 0.2) is 35.3 Å². The van der Waals surface area contributed by atoms with Gasteiger partial charge in [0.1, 0.15) is 9.90 Å². The number of thiazole rings is 1. The highest BCUT2D eigenvalue weighted by molar-refractivity contribution is 7.18. The highest BCUT2D eigenvalue weighted by Crippen LogP contribution is 2.29. The van der Waals surface area contributed by atoms with Crippen molar-refractivity contribution in [2.24, 2.45) is 0 Å². The van der Waals surface area contributed by atoms with Crippen molar-refractivity contribution < 1.29 is 5.11 Å². The lowest BCUT2D eigenvalue weighted by molar-refractivity contribution is 0.454. The minimum Gasteiger partial charge on any atom is -0.493 e. The van der Waals surface area contributed by atoms with Crippen LogP contribution >= 0.6 is 34.5 Å². The molecule has 2 aromatic heterocycles. The number of aromatic nitrogens is 3. The van der Waals surface area contributed by atoms with E-state index in [0.717, 1.165) is 11.3 Å². The standard InChI is InChI=1S/C13H7Cl2N3O2S/c14-7-3-1-2-6(4-7)9-11(19)17-10(18-12(9)20)13-16-5-8(15)21-13/h1-5H,(H2,17,18,19,20). The average Bonchev–Trinajstić information content (AvgIpc) is 2.85. The lowest BCUT2D eigenvalue weighted by atomic mass is 10.1. The number of hydrogen-bond donors (Lipinski definition) is 2. The Labute approximate surface area is 132 Å². The molecular weight excluding hydrogens is 333 g/mol. The van der Waals surface area contributed by atoms with E-state index < -0.39 is 5.56 Å². The Bertz CT molecular complexity index is 876. The van der Waals surface area contributed by atoms with Crippen LogP contribution in [-0.4, -0.2) is 20.1 Å². The lowest BCUT2D eigenvalue weighted by Gasteiger charge is -2.05. The minimum atomic E-state index is -0.480. The maximum Gasteiger partial charge on any atom is 0.263 e. The average molecular weight is 340 g/mol. The number of benzene rings is 1. The van der Waals surface area contributed by atoms with Crippen molar-refractivity contribution in [3.63, 3.8) is 0 Å². The maximum absolute atomic E-state index is 12.2. The van der Waals surface area contributed by atoms with Gasteiger partial charge in [0.05, 0.1) is 6.20 Å². The van der Waals surface area contributed by atoms with Gasteiger partial charge in [-0.15, -0.1) is 0 Å². The molecule has 2 N–H and O–H groups in total. The maximum atomic E-state index is 12.2. The Morgan fingerprint density at radius 1 is 1.29 bits per heavy atom. The predicted octanol–water partition coefficient (Wildman–Crippen LogP) is 3.57. The van der Waals surface area contributed by atoms with E-state index >= 15 is 0 Å². The highest BCUT2D eigenvalue weighted by atomic mass is 35.5. The molecule has 3 aromatic rings. The van der Waals surface area contributed by atoms with Crippen LogP contribution in [0.25, 0.3) is 22.0 Å². The van der Waals surface area contributed by atoms with E-state index in [0.29, 0.717) is 19.9 Å². The van der Waals surface area contributed by atoms with E-state index in [-0.39, 0.29) is 17.3 Å². The Balaban J connectivity index is 2.15. The first kappa shape index (κ1) is 14.1. The van der Waals surface area contributed by atoms with Crippen molar-refractivity contribution in [1.82, 2.24) is 15.0 Å². The number of nitrogens with one attached hydrogen (secondary N) is 1. The number of rotatable bonds is 2. The van der Waals surface area contributed by atoms with E-state index in [1.165, 1.54) is 6.20 Å². The molecule has 0 bridgehead atoms. The zero-order valence-corrected chi connectivity index (χ0v) is 12.6. The molecule has 8 heteroatoms. The molecule has 0 unspecified atom stereocenters. The fraction of sp³-hybridized carbons (Fsp3) is 0. The summed E-state index contributed by atoms with van der Waals surface area (Å²) in [6.07, 6.45) is 1.45. The fourth-order valence-electron chi connectivity index (χ4n) is 1.83. The van der Waals surface area contributed by atoms with Gasteiger partial charge in [-0.25, -0.2) is 4.98 Å². The smallest absolute Gasteiger partial charge is 0.263 e. The molecule has 0 aliphatic rings. The summed E-state index contributed by atoms with van der Waals surface area (Å²) in [6.45, 7) is 0. The SMILES string of the molecule is O=c1[nH]c(-c2ncc(Cl)s2)nc(O)c1-c1cccc(Cl)c1. The van der Waals surface area contributed by atoms with Crippen molar-refractivity contribution in [1.29, 1.82) is 0 Å². The summed E-state index contributed by atoms with van der Waals surface area (Å²) in [6, 6.07) is 6.60. The third-order valence-electron chi connectivity index (χ3n) is 2.69. The Morgan fingerprint density at radius 3 is 2.71 bits per heavy atom.